The summed E-state index contributed by atoms with van der Waals surface area (Å²) in [6.45, 7) is 8.75. The molecule has 0 aliphatic carbocycles. The first kappa shape index (κ1) is 18.8. The third-order valence-electron chi connectivity index (χ3n) is 4.07. The van der Waals surface area contributed by atoms with Gasteiger partial charge in [-0.2, -0.15) is 0 Å². The molecule has 0 amide bonds. The smallest absolute Gasteiger partial charge is 0.119 e. The zero-order chi connectivity index (χ0) is 18.1. The van der Waals surface area contributed by atoms with Crippen molar-refractivity contribution < 1.29 is 14.2 Å². The molecule has 0 N–H and O–H groups in total. The van der Waals surface area contributed by atoms with E-state index in [9.17, 15) is 0 Å². The first-order chi connectivity index (χ1) is 12.2. The molecule has 132 valence electrons. The number of benzene rings is 2. The van der Waals surface area contributed by atoms with E-state index in [1.54, 1.807) is 14.2 Å². The van der Waals surface area contributed by atoms with E-state index in [4.69, 9.17) is 14.2 Å². The Balaban J connectivity index is 2.07. The van der Waals surface area contributed by atoms with Crippen LogP contribution in [0.4, 0.5) is 0 Å². The van der Waals surface area contributed by atoms with Crippen molar-refractivity contribution in [1.29, 1.82) is 0 Å². The molecule has 0 radical (unpaired) electrons. The molecule has 2 rings (SSSR count). The Morgan fingerprint density at radius 3 is 1.52 bits per heavy atom. The minimum absolute atomic E-state index is 0.548. The molecule has 3 nitrogen and oxygen atoms in total. The summed E-state index contributed by atoms with van der Waals surface area (Å²) in [7, 11) is 3.35. The van der Waals surface area contributed by atoms with Gasteiger partial charge in [0.15, 0.2) is 0 Å². The van der Waals surface area contributed by atoms with Gasteiger partial charge in [-0.15, -0.1) is 13.2 Å². The molecule has 3 heteroatoms. The number of hydrogen-bond donors (Lipinski definition) is 0. The van der Waals surface area contributed by atoms with Gasteiger partial charge in [0.25, 0.3) is 0 Å². The average Bonchev–Trinajstić information content (AvgIpc) is 2.64. The number of ether oxygens (including phenoxy) is 3. The van der Waals surface area contributed by atoms with E-state index < -0.39 is 0 Å². The lowest BCUT2D eigenvalue weighted by Gasteiger charge is -2.13. The van der Waals surface area contributed by atoms with E-state index in [-0.39, 0.29) is 0 Å². The molecule has 0 aromatic heterocycles. The van der Waals surface area contributed by atoms with Crippen LogP contribution in [-0.2, 0) is 30.8 Å². The maximum Gasteiger partial charge on any atom is 0.119 e. The van der Waals surface area contributed by atoms with Gasteiger partial charge < -0.3 is 14.2 Å². The first-order valence-corrected chi connectivity index (χ1v) is 8.33. The largest absolute Gasteiger partial charge is 0.497 e. The number of allylic oxidation sites excluding steroid dienone is 2. The van der Waals surface area contributed by atoms with E-state index in [2.05, 4.69) is 25.3 Å². The molecule has 0 aliphatic heterocycles. The molecule has 0 atom stereocenters. The van der Waals surface area contributed by atoms with Crippen molar-refractivity contribution in [3.63, 3.8) is 0 Å². The van der Waals surface area contributed by atoms with Crippen LogP contribution in [-0.4, -0.2) is 14.2 Å². The summed E-state index contributed by atoms with van der Waals surface area (Å²) in [5.74, 6) is 1.70. The molecular formula is C22H26O3. The van der Waals surface area contributed by atoms with Crippen LogP contribution in [0.15, 0.2) is 61.7 Å². The third kappa shape index (κ3) is 5.23. The Labute approximate surface area is 150 Å². The molecule has 0 heterocycles. The van der Waals surface area contributed by atoms with E-state index in [0.29, 0.717) is 13.2 Å². The first-order valence-electron chi connectivity index (χ1n) is 8.33. The van der Waals surface area contributed by atoms with Gasteiger partial charge >= 0.3 is 0 Å². The molecular weight excluding hydrogens is 312 g/mol. The second-order valence-electron chi connectivity index (χ2n) is 5.75. The van der Waals surface area contributed by atoms with Gasteiger partial charge in [0.1, 0.15) is 11.5 Å². The highest BCUT2D eigenvalue weighted by Gasteiger charge is 2.07. The van der Waals surface area contributed by atoms with Crippen LogP contribution in [0.5, 0.6) is 11.5 Å². The highest BCUT2D eigenvalue weighted by molar-refractivity contribution is 5.38. The van der Waals surface area contributed by atoms with Crippen molar-refractivity contribution in [1.82, 2.24) is 0 Å². The number of rotatable bonds is 10. The Bertz CT molecular complexity index is 658. The quantitative estimate of drug-likeness (QED) is 0.578. The van der Waals surface area contributed by atoms with Gasteiger partial charge in [-0.1, -0.05) is 24.3 Å². The minimum atomic E-state index is 0.548. The van der Waals surface area contributed by atoms with Gasteiger partial charge in [-0.25, -0.2) is 0 Å². The SMILES string of the molecule is C=CCc1cc(OC)ccc1COCc1ccc(OC)cc1CC=C. The lowest BCUT2D eigenvalue weighted by molar-refractivity contribution is 0.106. The Morgan fingerprint density at radius 2 is 1.16 bits per heavy atom. The molecule has 0 saturated heterocycles. The molecule has 0 aliphatic rings. The standard InChI is InChI=1S/C22H26O3/c1-5-7-17-13-21(23-3)11-9-19(17)15-25-16-20-10-12-22(24-4)14-18(20)8-6-2/h5-6,9-14H,1-2,7-8,15-16H2,3-4H3. The topological polar surface area (TPSA) is 27.7 Å². The van der Waals surface area contributed by atoms with E-state index in [0.717, 1.165) is 35.5 Å². The summed E-state index contributed by atoms with van der Waals surface area (Å²) in [6, 6.07) is 12.1. The highest BCUT2D eigenvalue weighted by atomic mass is 16.5. The van der Waals surface area contributed by atoms with Crippen molar-refractivity contribution >= 4 is 0 Å². The van der Waals surface area contributed by atoms with Gasteiger partial charge in [0.05, 0.1) is 27.4 Å². The zero-order valence-electron chi connectivity index (χ0n) is 15.1. The lowest BCUT2D eigenvalue weighted by atomic mass is 10.0. The summed E-state index contributed by atoms with van der Waals surface area (Å²) in [6.07, 6.45) is 5.37. The van der Waals surface area contributed by atoms with Gasteiger partial charge in [-0.3, -0.25) is 0 Å². The van der Waals surface area contributed by atoms with Gasteiger partial charge in [-0.05, 0) is 59.4 Å². The van der Waals surface area contributed by atoms with Gasteiger partial charge in [0, 0.05) is 0 Å². The molecule has 2 aromatic rings. The van der Waals surface area contributed by atoms with Crippen LogP contribution in [0.25, 0.3) is 0 Å². The average molecular weight is 338 g/mol. The van der Waals surface area contributed by atoms with Crippen molar-refractivity contribution in [3.8, 4) is 11.5 Å². The van der Waals surface area contributed by atoms with Crippen LogP contribution in [0, 0.1) is 0 Å². The summed E-state index contributed by atoms with van der Waals surface area (Å²) in [4.78, 5) is 0. The number of hydrogen-bond acceptors (Lipinski definition) is 3. The van der Waals surface area contributed by atoms with Crippen LogP contribution >= 0.6 is 0 Å². The van der Waals surface area contributed by atoms with Crippen LogP contribution in [0.2, 0.25) is 0 Å². The van der Waals surface area contributed by atoms with Crippen LogP contribution in [0.3, 0.4) is 0 Å². The summed E-state index contributed by atoms with van der Waals surface area (Å²) >= 11 is 0. The van der Waals surface area contributed by atoms with Crippen LogP contribution in [0.1, 0.15) is 22.3 Å². The second kappa shape index (κ2) is 9.70. The second-order valence-corrected chi connectivity index (χ2v) is 5.75. The summed E-state index contributed by atoms with van der Waals surface area (Å²) < 4.78 is 16.6. The molecule has 0 spiro atoms. The Kier molecular flexibility index (Phi) is 7.30. The predicted octanol–water partition coefficient (Wildman–Crippen LogP) is 4.88. The summed E-state index contributed by atoms with van der Waals surface area (Å²) in [5, 5.41) is 0. The lowest BCUT2D eigenvalue weighted by Crippen LogP contribution is -2.01. The minimum Gasteiger partial charge on any atom is -0.497 e. The maximum absolute atomic E-state index is 5.98. The van der Waals surface area contributed by atoms with Gasteiger partial charge in [0.2, 0.25) is 0 Å². The van der Waals surface area contributed by atoms with Crippen molar-refractivity contribution in [3.05, 3.63) is 84.0 Å². The highest BCUT2D eigenvalue weighted by Crippen LogP contribution is 2.22. The molecule has 0 unspecified atom stereocenters. The predicted molar refractivity (Wildman–Crippen MR) is 102 cm³/mol. The molecule has 0 saturated carbocycles. The Hall–Kier alpha value is -2.52. The molecule has 2 aromatic carbocycles. The Morgan fingerprint density at radius 1 is 0.720 bits per heavy atom. The molecule has 25 heavy (non-hydrogen) atoms. The van der Waals surface area contributed by atoms with E-state index >= 15 is 0 Å². The van der Waals surface area contributed by atoms with Crippen molar-refractivity contribution in [2.75, 3.05) is 14.2 Å². The fourth-order valence-electron chi connectivity index (χ4n) is 2.70. The molecule has 0 fully saturated rings. The normalized spacial score (nSPS) is 10.3. The van der Waals surface area contributed by atoms with Crippen LogP contribution < -0.4 is 9.47 Å². The van der Waals surface area contributed by atoms with E-state index in [1.165, 1.54) is 11.1 Å². The fraction of sp³-hybridized carbons (Fsp3) is 0.273. The zero-order valence-corrected chi connectivity index (χ0v) is 15.1. The molecule has 0 bridgehead atoms. The summed E-state index contributed by atoms with van der Waals surface area (Å²) in [5.41, 5.74) is 4.66. The third-order valence-corrected chi connectivity index (χ3v) is 4.07. The van der Waals surface area contributed by atoms with E-state index in [1.807, 2.05) is 36.4 Å². The monoisotopic (exact) mass is 338 g/mol. The van der Waals surface area contributed by atoms with Crippen molar-refractivity contribution in [2.24, 2.45) is 0 Å². The number of methoxy groups -OCH3 is 2. The van der Waals surface area contributed by atoms with Crippen molar-refractivity contribution in [2.45, 2.75) is 26.1 Å². The maximum atomic E-state index is 5.98. The fourth-order valence-corrected chi connectivity index (χ4v) is 2.70.